The highest BCUT2D eigenvalue weighted by Crippen LogP contribution is 2.47. The predicted molar refractivity (Wildman–Crippen MR) is 41.5 cm³/mol. The Morgan fingerprint density at radius 1 is 1.17 bits per heavy atom. The minimum Gasteiger partial charge on any atom is -0.481 e. The molecule has 2 nitrogen and oxygen atoms in total. The van der Waals surface area contributed by atoms with Crippen molar-refractivity contribution in [2.45, 2.75) is 31.9 Å². The van der Waals surface area contributed by atoms with Crippen LogP contribution >= 0.6 is 0 Å². The Labute approximate surface area is 70.8 Å². The summed E-state index contributed by atoms with van der Waals surface area (Å²) in [5.74, 6) is -0.158. The fourth-order valence-corrected chi connectivity index (χ4v) is 2.74. The van der Waals surface area contributed by atoms with Gasteiger partial charge in [0, 0.05) is 0 Å². The van der Waals surface area contributed by atoms with Gasteiger partial charge in [-0.05, 0) is 37.5 Å². The van der Waals surface area contributed by atoms with Crippen molar-refractivity contribution in [1.82, 2.24) is 0 Å². The molecule has 0 heterocycles. The first-order valence-corrected chi connectivity index (χ1v) is 4.53. The molecule has 2 saturated carbocycles. The summed E-state index contributed by atoms with van der Waals surface area (Å²) < 4.78 is 12.8. The normalized spacial score (nSPS) is 46.1. The summed E-state index contributed by atoms with van der Waals surface area (Å²) in [6, 6.07) is 0. The topological polar surface area (TPSA) is 37.3 Å². The highest BCUT2D eigenvalue weighted by atomic mass is 19.1. The quantitative estimate of drug-likeness (QED) is 0.655. The maximum atomic E-state index is 12.8. The number of carboxylic acids is 1. The van der Waals surface area contributed by atoms with E-state index in [1.165, 1.54) is 0 Å². The van der Waals surface area contributed by atoms with Gasteiger partial charge in [0.05, 0.1) is 5.92 Å². The molecule has 2 aliphatic rings. The molecule has 2 fully saturated rings. The Hall–Kier alpha value is -0.600. The number of alkyl halides is 1. The summed E-state index contributed by atoms with van der Waals surface area (Å²) in [5, 5.41) is 8.74. The molecule has 0 aromatic rings. The van der Waals surface area contributed by atoms with Gasteiger partial charge in [-0.3, -0.25) is 4.79 Å². The molecule has 2 rings (SSSR count). The molecule has 0 aromatic carbocycles. The zero-order valence-corrected chi connectivity index (χ0v) is 6.87. The van der Waals surface area contributed by atoms with E-state index in [2.05, 4.69) is 0 Å². The Balaban J connectivity index is 1.98. The third-order valence-corrected chi connectivity index (χ3v) is 3.31. The number of carboxylic acid groups (broad SMARTS) is 1. The summed E-state index contributed by atoms with van der Waals surface area (Å²) in [6.45, 7) is 0. The van der Waals surface area contributed by atoms with E-state index in [0.29, 0.717) is 37.5 Å². The molecule has 2 unspecified atom stereocenters. The summed E-state index contributed by atoms with van der Waals surface area (Å²) >= 11 is 0. The van der Waals surface area contributed by atoms with Crippen LogP contribution in [0.1, 0.15) is 25.7 Å². The number of carbonyl (C=O) groups is 1. The summed E-state index contributed by atoms with van der Waals surface area (Å²) in [4.78, 5) is 10.6. The van der Waals surface area contributed by atoms with Crippen LogP contribution < -0.4 is 0 Å². The Kier molecular flexibility index (Phi) is 1.81. The minimum atomic E-state index is -0.695. The molecule has 2 aliphatic carbocycles. The second-order valence-electron chi connectivity index (χ2n) is 4.10. The number of fused-ring (bicyclic) bond motifs is 1. The largest absolute Gasteiger partial charge is 0.481 e. The third kappa shape index (κ3) is 1.21. The number of hydrogen-bond acceptors (Lipinski definition) is 1. The van der Waals surface area contributed by atoms with Gasteiger partial charge < -0.3 is 5.11 Å². The van der Waals surface area contributed by atoms with Crippen molar-refractivity contribution in [1.29, 1.82) is 0 Å². The van der Waals surface area contributed by atoms with Gasteiger partial charge in [-0.25, -0.2) is 4.39 Å². The predicted octanol–water partition coefficient (Wildman–Crippen LogP) is 1.85. The second-order valence-corrected chi connectivity index (χ2v) is 4.10. The lowest BCUT2D eigenvalue weighted by atomic mass is 10.0. The molecule has 0 aliphatic heterocycles. The molecule has 0 amide bonds. The lowest BCUT2D eigenvalue weighted by Crippen LogP contribution is -2.11. The summed E-state index contributed by atoms with van der Waals surface area (Å²) in [6.07, 6.45) is 1.97. The van der Waals surface area contributed by atoms with Crippen LogP contribution in [-0.4, -0.2) is 17.2 Å². The molecule has 1 N–H and O–H groups in total. The molecule has 3 heteroatoms. The molecule has 68 valence electrons. The molecule has 0 aromatic heterocycles. The highest BCUT2D eigenvalue weighted by Gasteiger charge is 2.43. The van der Waals surface area contributed by atoms with Crippen LogP contribution in [0.15, 0.2) is 0 Å². The van der Waals surface area contributed by atoms with Crippen LogP contribution in [-0.2, 0) is 4.79 Å². The van der Waals surface area contributed by atoms with Gasteiger partial charge in [-0.15, -0.1) is 0 Å². The fourth-order valence-electron chi connectivity index (χ4n) is 2.74. The van der Waals surface area contributed by atoms with E-state index in [-0.39, 0.29) is 5.92 Å². The van der Waals surface area contributed by atoms with Crippen molar-refractivity contribution in [3.05, 3.63) is 0 Å². The Morgan fingerprint density at radius 2 is 1.67 bits per heavy atom. The highest BCUT2D eigenvalue weighted by molar-refractivity contribution is 5.70. The van der Waals surface area contributed by atoms with Crippen molar-refractivity contribution < 1.29 is 14.3 Å². The SMILES string of the molecule is O=C(O)C1CC2CC(F)CC2C1. The molecular formula is C9H13FO2. The molecular weight excluding hydrogens is 159 g/mol. The van der Waals surface area contributed by atoms with Crippen molar-refractivity contribution >= 4 is 5.97 Å². The van der Waals surface area contributed by atoms with Gasteiger partial charge >= 0.3 is 5.97 Å². The molecule has 0 bridgehead atoms. The third-order valence-electron chi connectivity index (χ3n) is 3.31. The van der Waals surface area contributed by atoms with E-state index in [4.69, 9.17) is 5.11 Å². The summed E-state index contributed by atoms with van der Waals surface area (Å²) in [5.41, 5.74) is 0. The Morgan fingerprint density at radius 3 is 2.08 bits per heavy atom. The van der Waals surface area contributed by atoms with Crippen molar-refractivity contribution in [2.24, 2.45) is 17.8 Å². The molecule has 0 saturated heterocycles. The van der Waals surface area contributed by atoms with E-state index in [0.717, 1.165) is 0 Å². The molecule has 0 spiro atoms. The Bertz CT molecular complexity index is 191. The molecule has 12 heavy (non-hydrogen) atoms. The summed E-state index contributed by atoms with van der Waals surface area (Å²) in [7, 11) is 0. The number of hydrogen-bond donors (Lipinski definition) is 1. The number of aliphatic carboxylic acids is 1. The van der Waals surface area contributed by atoms with Gasteiger partial charge in [0.2, 0.25) is 0 Å². The van der Waals surface area contributed by atoms with E-state index >= 15 is 0 Å². The zero-order chi connectivity index (χ0) is 8.72. The van der Waals surface area contributed by atoms with E-state index in [1.807, 2.05) is 0 Å². The van der Waals surface area contributed by atoms with Gasteiger partial charge in [0.25, 0.3) is 0 Å². The number of rotatable bonds is 1. The maximum absolute atomic E-state index is 12.8. The lowest BCUT2D eigenvalue weighted by Gasteiger charge is -2.04. The smallest absolute Gasteiger partial charge is 0.306 e. The fraction of sp³-hybridized carbons (Fsp3) is 0.889. The maximum Gasteiger partial charge on any atom is 0.306 e. The monoisotopic (exact) mass is 172 g/mol. The van der Waals surface area contributed by atoms with Crippen LogP contribution in [0.25, 0.3) is 0 Å². The van der Waals surface area contributed by atoms with E-state index in [1.54, 1.807) is 0 Å². The van der Waals surface area contributed by atoms with Crippen molar-refractivity contribution in [2.75, 3.05) is 0 Å². The van der Waals surface area contributed by atoms with Crippen LogP contribution in [0.5, 0.6) is 0 Å². The standard InChI is InChI=1S/C9H13FO2/c10-8-3-5-1-7(9(11)12)2-6(5)4-8/h5-8H,1-4H2,(H,11,12). The average Bonchev–Trinajstić information content (AvgIpc) is 2.42. The van der Waals surface area contributed by atoms with Gasteiger partial charge in [-0.1, -0.05) is 0 Å². The molecule has 2 atom stereocenters. The average molecular weight is 172 g/mol. The zero-order valence-electron chi connectivity index (χ0n) is 6.87. The van der Waals surface area contributed by atoms with Crippen LogP contribution in [0.4, 0.5) is 4.39 Å². The molecule has 0 radical (unpaired) electrons. The number of halogens is 1. The van der Waals surface area contributed by atoms with Crippen molar-refractivity contribution in [3.8, 4) is 0 Å². The first-order valence-electron chi connectivity index (χ1n) is 4.53. The van der Waals surface area contributed by atoms with Crippen LogP contribution in [0.2, 0.25) is 0 Å². The first-order chi connectivity index (χ1) is 5.66. The first kappa shape index (κ1) is 8.02. The van der Waals surface area contributed by atoms with Gasteiger partial charge in [0.1, 0.15) is 6.17 Å². The van der Waals surface area contributed by atoms with Crippen LogP contribution in [0, 0.1) is 17.8 Å². The second kappa shape index (κ2) is 2.71. The lowest BCUT2D eigenvalue weighted by molar-refractivity contribution is -0.141. The van der Waals surface area contributed by atoms with Gasteiger partial charge in [-0.2, -0.15) is 0 Å². The minimum absolute atomic E-state index is 0.188. The van der Waals surface area contributed by atoms with Crippen molar-refractivity contribution in [3.63, 3.8) is 0 Å². The van der Waals surface area contributed by atoms with Crippen LogP contribution in [0.3, 0.4) is 0 Å². The van der Waals surface area contributed by atoms with Gasteiger partial charge in [0.15, 0.2) is 0 Å². The van der Waals surface area contributed by atoms with E-state index < -0.39 is 12.1 Å². The van der Waals surface area contributed by atoms with E-state index in [9.17, 15) is 9.18 Å².